The van der Waals surface area contributed by atoms with Crippen LogP contribution in [-0.2, 0) is 13.6 Å². The van der Waals surface area contributed by atoms with Gasteiger partial charge in [0.2, 0.25) is 0 Å². The van der Waals surface area contributed by atoms with E-state index in [4.69, 9.17) is 19.4 Å². The fourth-order valence-corrected chi connectivity index (χ4v) is 7.58. The average molecular weight is 592 g/mol. The first-order valence-corrected chi connectivity index (χ1v) is 15.6. The van der Waals surface area contributed by atoms with Crippen molar-refractivity contribution in [1.82, 2.24) is 24.0 Å². The molecule has 1 aliphatic heterocycles. The zero-order valence-corrected chi connectivity index (χ0v) is 25.6. The minimum atomic E-state index is 0.0712. The summed E-state index contributed by atoms with van der Waals surface area (Å²) in [6.45, 7) is 3.98. The summed E-state index contributed by atoms with van der Waals surface area (Å²) in [4.78, 5) is 26.1. The third-order valence-electron chi connectivity index (χ3n) is 10.3. The molecule has 9 heteroatoms. The third-order valence-corrected chi connectivity index (χ3v) is 10.3. The number of ether oxygens (including phenoxy) is 2. The fraction of sp³-hybridized carbons (Fsp3) is 0.400. The molecule has 4 heterocycles. The number of methoxy groups -OCH3 is 2. The lowest BCUT2D eigenvalue weighted by atomic mass is 10.0. The maximum Gasteiger partial charge on any atom is 0.254 e. The van der Waals surface area contributed by atoms with Crippen LogP contribution in [0, 0.1) is 17.8 Å². The first-order chi connectivity index (χ1) is 21.3. The molecular formula is C35H37N5O4. The highest BCUT2D eigenvalue weighted by molar-refractivity contribution is 6.00. The van der Waals surface area contributed by atoms with Gasteiger partial charge in [0.1, 0.15) is 16.9 Å². The van der Waals surface area contributed by atoms with Crippen molar-refractivity contribution in [3.8, 4) is 40.0 Å². The maximum atomic E-state index is 13.8. The Morgan fingerprint density at radius 3 is 2.50 bits per heavy atom. The number of carbonyl (C=O) groups is 1. The Morgan fingerprint density at radius 1 is 0.977 bits per heavy atom. The smallest absolute Gasteiger partial charge is 0.254 e. The molecule has 8 rings (SSSR count). The average Bonchev–Trinajstić information content (AvgIpc) is 3.44. The number of carbonyl (C=O) groups excluding carboxylic acids is 1. The molecule has 0 radical (unpaired) electrons. The second-order valence-corrected chi connectivity index (χ2v) is 12.8. The lowest BCUT2D eigenvalue weighted by molar-refractivity contribution is 0.0696. The van der Waals surface area contributed by atoms with Crippen molar-refractivity contribution in [2.24, 2.45) is 24.8 Å². The Hall–Kier alpha value is -4.53. The maximum absolute atomic E-state index is 13.8. The van der Waals surface area contributed by atoms with Gasteiger partial charge in [0.05, 0.1) is 31.1 Å². The second kappa shape index (κ2) is 10.0. The van der Waals surface area contributed by atoms with Gasteiger partial charge in [-0.1, -0.05) is 6.92 Å². The van der Waals surface area contributed by atoms with E-state index in [1.165, 1.54) is 19.3 Å². The highest BCUT2D eigenvalue weighted by Crippen LogP contribution is 2.44. The number of aryl methyl sites for hydroxylation is 1. The number of aromatic hydroxyl groups is 1. The Kier molecular flexibility index (Phi) is 6.15. The molecule has 5 aromatic rings. The Bertz CT molecular complexity index is 1950. The van der Waals surface area contributed by atoms with E-state index in [1.807, 2.05) is 37.4 Å². The van der Waals surface area contributed by atoms with Gasteiger partial charge < -0.3 is 28.6 Å². The van der Waals surface area contributed by atoms with Gasteiger partial charge in [0, 0.05) is 42.7 Å². The number of imidazole rings is 1. The van der Waals surface area contributed by atoms with Crippen LogP contribution in [0.25, 0.3) is 44.8 Å². The molecule has 3 atom stereocenters. The molecule has 44 heavy (non-hydrogen) atoms. The number of pyridine rings is 1. The number of phenolic OH excluding ortho intramolecular Hbond substituents is 1. The van der Waals surface area contributed by atoms with Crippen LogP contribution in [0.1, 0.15) is 43.0 Å². The number of hydrogen-bond donors (Lipinski definition) is 1. The van der Waals surface area contributed by atoms with Gasteiger partial charge >= 0.3 is 0 Å². The Morgan fingerprint density at radius 2 is 1.80 bits per heavy atom. The fourth-order valence-electron chi connectivity index (χ4n) is 7.58. The van der Waals surface area contributed by atoms with Gasteiger partial charge in [-0.05, 0) is 92.0 Å². The largest absolute Gasteiger partial charge is 0.504 e. The number of likely N-dealkylation sites (tertiary alicyclic amines) is 1. The number of hydrogen-bond acceptors (Lipinski definition) is 6. The van der Waals surface area contributed by atoms with Crippen molar-refractivity contribution in [2.45, 2.75) is 45.2 Å². The topological polar surface area (TPSA) is 94.6 Å². The molecule has 1 N–H and O–H groups in total. The van der Waals surface area contributed by atoms with Crippen LogP contribution in [0.2, 0.25) is 0 Å². The van der Waals surface area contributed by atoms with Crippen LogP contribution in [-0.4, -0.2) is 61.8 Å². The van der Waals surface area contributed by atoms with E-state index in [-0.39, 0.29) is 11.7 Å². The number of nitrogens with zero attached hydrogens (tertiary/aromatic N) is 5. The van der Waals surface area contributed by atoms with Crippen molar-refractivity contribution in [1.29, 1.82) is 0 Å². The van der Waals surface area contributed by atoms with Crippen molar-refractivity contribution in [3.63, 3.8) is 0 Å². The lowest BCUT2D eigenvalue weighted by Gasteiger charge is -2.27. The Balaban J connectivity index is 1.24. The molecule has 3 aliphatic rings. The molecule has 9 nitrogen and oxygen atoms in total. The molecule has 1 saturated heterocycles. The summed E-state index contributed by atoms with van der Waals surface area (Å²) in [5.74, 6) is 3.81. The van der Waals surface area contributed by atoms with Crippen LogP contribution in [0.5, 0.6) is 17.2 Å². The summed E-state index contributed by atoms with van der Waals surface area (Å²) in [6.07, 6.45) is 4.71. The molecular weight excluding hydrogens is 554 g/mol. The molecule has 2 aromatic carbocycles. The van der Waals surface area contributed by atoms with Crippen LogP contribution >= 0.6 is 0 Å². The van der Waals surface area contributed by atoms with Gasteiger partial charge in [-0.3, -0.25) is 4.79 Å². The van der Waals surface area contributed by atoms with Crippen molar-refractivity contribution < 1.29 is 19.4 Å². The van der Waals surface area contributed by atoms with Crippen LogP contribution in [0.4, 0.5) is 0 Å². The number of piperidine rings is 1. The zero-order chi connectivity index (χ0) is 30.3. The summed E-state index contributed by atoms with van der Waals surface area (Å²) in [7, 11) is 5.21. The highest BCUT2D eigenvalue weighted by Gasteiger charge is 2.46. The zero-order valence-electron chi connectivity index (χ0n) is 25.6. The molecule has 2 aliphatic carbocycles. The number of phenols is 1. The monoisotopic (exact) mass is 591 g/mol. The summed E-state index contributed by atoms with van der Waals surface area (Å²) in [6, 6.07) is 15.7. The van der Waals surface area contributed by atoms with E-state index in [1.54, 1.807) is 20.3 Å². The summed E-state index contributed by atoms with van der Waals surface area (Å²) in [5, 5.41) is 11.1. The predicted octanol–water partition coefficient (Wildman–Crippen LogP) is 6.26. The van der Waals surface area contributed by atoms with Crippen molar-refractivity contribution in [2.75, 3.05) is 20.8 Å². The van der Waals surface area contributed by atoms with Crippen LogP contribution < -0.4 is 9.47 Å². The number of rotatable bonds is 7. The number of aromatic nitrogens is 4. The molecule has 0 spiro atoms. The molecule has 226 valence electrons. The van der Waals surface area contributed by atoms with E-state index in [0.29, 0.717) is 40.9 Å². The molecule has 2 saturated carbocycles. The molecule has 3 aromatic heterocycles. The molecule has 2 unspecified atom stereocenters. The van der Waals surface area contributed by atoms with E-state index in [2.05, 4.69) is 33.1 Å². The number of amides is 1. The first-order valence-electron chi connectivity index (χ1n) is 15.6. The molecule has 2 bridgehead atoms. The minimum absolute atomic E-state index is 0.0712. The number of fused-ring (bicyclic) bond motifs is 4. The Labute approximate surface area is 256 Å². The van der Waals surface area contributed by atoms with Gasteiger partial charge in [0.25, 0.3) is 5.91 Å². The van der Waals surface area contributed by atoms with Crippen molar-refractivity contribution >= 4 is 28.0 Å². The summed E-state index contributed by atoms with van der Waals surface area (Å²) in [5.41, 5.74) is 5.79. The highest BCUT2D eigenvalue weighted by atomic mass is 16.5. The molecule has 1 amide bonds. The van der Waals surface area contributed by atoms with E-state index in [0.717, 1.165) is 64.4 Å². The second-order valence-electron chi connectivity index (χ2n) is 12.8. The van der Waals surface area contributed by atoms with Crippen LogP contribution in [0.3, 0.4) is 0 Å². The number of benzene rings is 2. The standard InChI is InChI=1S/C35H37N5O4/c1-19-23-8-11-27(19)40(18-23)35(42)24-13-26-32(31(16-24)44-4)38(2)34(37-26)28-14-22-7-10-25(21-9-12-29(41)30(15-21)43-3)36-33(22)39(28)17-20-5-6-20/h7,9-10,12-16,19-20,23,27,41H,5-6,8,11,17-18H2,1-4H3/t19-,23?,27?/m1/s1. The van der Waals surface area contributed by atoms with E-state index < -0.39 is 0 Å². The predicted molar refractivity (Wildman–Crippen MR) is 169 cm³/mol. The normalized spacial score (nSPS) is 21.1. The summed E-state index contributed by atoms with van der Waals surface area (Å²) >= 11 is 0. The SMILES string of the molecule is COc1cc(-c2ccc3cc(-c4nc5cc(C(=O)N6CC7CCC6[C@@H]7C)cc(OC)c5n4C)n(CC4CC4)c3n2)ccc1O. The van der Waals surface area contributed by atoms with Gasteiger partial charge in [-0.2, -0.15) is 0 Å². The summed E-state index contributed by atoms with van der Waals surface area (Å²) < 4.78 is 15.6. The van der Waals surface area contributed by atoms with Crippen molar-refractivity contribution in [3.05, 3.63) is 54.1 Å². The molecule has 3 fully saturated rings. The van der Waals surface area contributed by atoms with E-state index in [9.17, 15) is 9.90 Å². The van der Waals surface area contributed by atoms with Crippen LogP contribution in [0.15, 0.2) is 48.5 Å². The lowest BCUT2D eigenvalue weighted by Crippen LogP contribution is -2.38. The quantitative estimate of drug-likeness (QED) is 0.240. The third kappa shape index (κ3) is 4.16. The minimum Gasteiger partial charge on any atom is -0.504 e. The van der Waals surface area contributed by atoms with Gasteiger partial charge in [-0.15, -0.1) is 0 Å². The van der Waals surface area contributed by atoms with Gasteiger partial charge in [0.15, 0.2) is 17.3 Å². The van der Waals surface area contributed by atoms with Gasteiger partial charge in [-0.25, -0.2) is 9.97 Å². The van der Waals surface area contributed by atoms with E-state index >= 15 is 0 Å². The first kappa shape index (κ1) is 27.0.